The van der Waals surface area contributed by atoms with Crippen LogP contribution in [0.5, 0.6) is 0 Å². The summed E-state index contributed by atoms with van der Waals surface area (Å²) in [4.78, 5) is 35.7. The van der Waals surface area contributed by atoms with Gasteiger partial charge in [-0.2, -0.15) is 0 Å². The number of aliphatic hydroxyl groups is 1. The highest BCUT2D eigenvalue weighted by molar-refractivity contribution is 5.84. The van der Waals surface area contributed by atoms with Crippen LogP contribution in [-0.4, -0.2) is 54.0 Å². The molecule has 8 nitrogen and oxygen atoms in total. The second-order valence-corrected chi connectivity index (χ2v) is 8.77. The van der Waals surface area contributed by atoms with Gasteiger partial charge in [0.15, 0.2) is 0 Å². The third kappa shape index (κ3) is 4.85. The minimum atomic E-state index is -1.15. The highest BCUT2D eigenvalue weighted by Crippen LogP contribution is 2.44. The van der Waals surface area contributed by atoms with Gasteiger partial charge in [-0.15, -0.1) is 0 Å². The number of alkyl carbamates (subject to hydrolysis) is 1. The van der Waals surface area contributed by atoms with Gasteiger partial charge in [0.25, 0.3) is 0 Å². The molecule has 8 heteroatoms. The van der Waals surface area contributed by atoms with Gasteiger partial charge in [0.1, 0.15) is 6.61 Å². The first-order valence-corrected chi connectivity index (χ1v) is 11.2. The summed E-state index contributed by atoms with van der Waals surface area (Å²) in [7, 11) is 0. The van der Waals surface area contributed by atoms with Gasteiger partial charge in [-0.1, -0.05) is 55.0 Å². The van der Waals surface area contributed by atoms with Gasteiger partial charge in [-0.25, -0.2) is 4.79 Å². The molecule has 174 valence electrons. The number of amides is 2. The molecule has 1 unspecified atom stereocenters. The molecule has 4 rings (SSSR count). The Morgan fingerprint density at radius 1 is 1.00 bits per heavy atom. The third-order valence-corrected chi connectivity index (χ3v) is 6.62. The molecule has 1 fully saturated rings. The van der Waals surface area contributed by atoms with Crippen molar-refractivity contribution in [2.45, 2.75) is 37.7 Å². The second kappa shape index (κ2) is 9.62. The standard InChI is InChI=1S/C25H28N2O6/c28-16(12-22(29)30)13-26-23(31)25(10-5-11-25)15-27-24(32)33-14-21-19-8-3-1-6-17(19)18-7-2-4-9-20(18)21/h1-4,6-9,16,21,28H,5,10-15H2,(H,26,31)(H,27,32)(H,29,30). The fraction of sp³-hybridized carbons (Fsp3) is 0.400. The Balaban J connectivity index is 1.30. The molecule has 0 radical (unpaired) electrons. The van der Waals surface area contributed by atoms with Gasteiger partial charge in [0.05, 0.1) is 17.9 Å². The molecule has 2 aliphatic carbocycles. The van der Waals surface area contributed by atoms with Crippen LogP contribution in [0.25, 0.3) is 11.1 Å². The fourth-order valence-electron chi connectivity index (χ4n) is 4.65. The zero-order chi connectivity index (χ0) is 23.4. The molecule has 2 aliphatic rings. The predicted octanol–water partition coefficient (Wildman–Crippen LogP) is 2.65. The van der Waals surface area contributed by atoms with Crippen molar-refractivity contribution in [1.82, 2.24) is 10.6 Å². The highest BCUT2D eigenvalue weighted by Gasteiger charge is 2.44. The molecule has 2 aromatic carbocycles. The van der Waals surface area contributed by atoms with E-state index in [9.17, 15) is 19.5 Å². The Labute approximate surface area is 192 Å². The maximum absolute atomic E-state index is 12.6. The number of ether oxygens (including phenoxy) is 1. The molecule has 1 atom stereocenters. The summed E-state index contributed by atoms with van der Waals surface area (Å²) < 4.78 is 5.54. The molecule has 0 bridgehead atoms. The van der Waals surface area contributed by atoms with Crippen LogP contribution in [0.2, 0.25) is 0 Å². The van der Waals surface area contributed by atoms with Crippen LogP contribution in [0, 0.1) is 5.41 Å². The number of carboxylic acids is 1. The van der Waals surface area contributed by atoms with Gasteiger partial charge >= 0.3 is 12.1 Å². The molecular formula is C25H28N2O6. The number of benzene rings is 2. The minimum absolute atomic E-state index is 0.0418. The zero-order valence-corrected chi connectivity index (χ0v) is 18.3. The molecule has 0 saturated heterocycles. The van der Waals surface area contributed by atoms with E-state index >= 15 is 0 Å². The molecule has 0 spiro atoms. The summed E-state index contributed by atoms with van der Waals surface area (Å²) in [5, 5.41) is 23.7. The zero-order valence-electron chi connectivity index (χ0n) is 18.3. The van der Waals surface area contributed by atoms with Crippen molar-refractivity contribution in [3.05, 3.63) is 59.7 Å². The summed E-state index contributed by atoms with van der Waals surface area (Å²) in [6.45, 7) is 0.183. The molecule has 2 amide bonds. The van der Waals surface area contributed by atoms with Crippen molar-refractivity contribution in [2.75, 3.05) is 19.7 Å². The number of hydrogen-bond acceptors (Lipinski definition) is 5. The van der Waals surface area contributed by atoms with E-state index in [0.29, 0.717) is 12.8 Å². The van der Waals surface area contributed by atoms with Crippen LogP contribution in [0.1, 0.15) is 42.7 Å². The van der Waals surface area contributed by atoms with E-state index in [1.807, 2.05) is 36.4 Å². The quantitative estimate of drug-likeness (QED) is 0.464. The third-order valence-electron chi connectivity index (χ3n) is 6.62. The van der Waals surface area contributed by atoms with Crippen molar-refractivity contribution in [3.8, 4) is 11.1 Å². The lowest BCUT2D eigenvalue weighted by molar-refractivity contribution is -0.140. The monoisotopic (exact) mass is 452 g/mol. The summed E-state index contributed by atoms with van der Waals surface area (Å²) in [5.41, 5.74) is 3.80. The number of fused-ring (bicyclic) bond motifs is 3. The molecule has 0 aliphatic heterocycles. The first-order chi connectivity index (χ1) is 15.9. The number of rotatable bonds is 9. The normalized spacial score (nSPS) is 16.6. The van der Waals surface area contributed by atoms with E-state index in [0.717, 1.165) is 28.7 Å². The summed E-state index contributed by atoms with van der Waals surface area (Å²) in [5.74, 6) is -1.47. The van der Waals surface area contributed by atoms with E-state index in [1.54, 1.807) is 0 Å². The van der Waals surface area contributed by atoms with Gasteiger partial charge in [0.2, 0.25) is 5.91 Å². The molecular weight excluding hydrogens is 424 g/mol. The highest BCUT2D eigenvalue weighted by atomic mass is 16.5. The lowest BCUT2D eigenvalue weighted by Crippen LogP contribution is -2.53. The molecule has 0 heterocycles. The van der Waals surface area contributed by atoms with Crippen LogP contribution < -0.4 is 10.6 Å². The van der Waals surface area contributed by atoms with E-state index in [1.165, 1.54) is 0 Å². The average molecular weight is 453 g/mol. The molecule has 4 N–H and O–H groups in total. The van der Waals surface area contributed by atoms with Crippen molar-refractivity contribution in [3.63, 3.8) is 0 Å². The number of aliphatic hydroxyl groups excluding tert-OH is 1. The van der Waals surface area contributed by atoms with Crippen LogP contribution in [0.15, 0.2) is 48.5 Å². The predicted molar refractivity (Wildman–Crippen MR) is 121 cm³/mol. The largest absolute Gasteiger partial charge is 0.481 e. The maximum atomic E-state index is 12.6. The Morgan fingerprint density at radius 2 is 1.61 bits per heavy atom. The lowest BCUT2D eigenvalue weighted by atomic mass is 9.68. The van der Waals surface area contributed by atoms with Crippen LogP contribution in [0.3, 0.4) is 0 Å². The Bertz CT molecular complexity index is 1000. The van der Waals surface area contributed by atoms with Gasteiger partial charge < -0.3 is 25.6 Å². The maximum Gasteiger partial charge on any atom is 0.407 e. The smallest absolute Gasteiger partial charge is 0.407 e. The number of carbonyl (C=O) groups excluding carboxylic acids is 2. The topological polar surface area (TPSA) is 125 Å². The molecule has 2 aromatic rings. The van der Waals surface area contributed by atoms with E-state index in [2.05, 4.69) is 22.8 Å². The van der Waals surface area contributed by atoms with Crippen molar-refractivity contribution >= 4 is 18.0 Å². The van der Waals surface area contributed by atoms with E-state index < -0.39 is 30.0 Å². The summed E-state index contributed by atoms with van der Waals surface area (Å²) in [6, 6.07) is 16.2. The fourth-order valence-corrected chi connectivity index (χ4v) is 4.65. The van der Waals surface area contributed by atoms with Crippen molar-refractivity contribution in [1.29, 1.82) is 0 Å². The van der Waals surface area contributed by atoms with E-state index in [4.69, 9.17) is 9.84 Å². The number of carbonyl (C=O) groups is 3. The first-order valence-electron chi connectivity index (χ1n) is 11.2. The molecule has 1 saturated carbocycles. The van der Waals surface area contributed by atoms with Crippen LogP contribution in [0.4, 0.5) is 4.79 Å². The average Bonchev–Trinajstić information content (AvgIpc) is 3.09. The van der Waals surface area contributed by atoms with Crippen LogP contribution in [-0.2, 0) is 14.3 Å². The summed E-state index contributed by atoms with van der Waals surface area (Å²) in [6.07, 6.45) is -0.0989. The number of nitrogens with one attached hydrogen (secondary N) is 2. The van der Waals surface area contributed by atoms with Gasteiger partial charge in [-0.3, -0.25) is 9.59 Å². The lowest BCUT2D eigenvalue weighted by Gasteiger charge is -2.40. The Kier molecular flexibility index (Phi) is 6.65. The Hall–Kier alpha value is -3.39. The van der Waals surface area contributed by atoms with Gasteiger partial charge in [-0.05, 0) is 35.1 Å². The van der Waals surface area contributed by atoms with Crippen molar-refractivity contribution < 1.29 is 29.3 Å². The van der Waals surface area contributed by atoms with Crippen molar-refractivity contribution in [2.24, 2.45) is 5.41 Å². The minimum Gasteiger partial charge on any atom is -0.481 e. The number of carboxylic acid groups (broad SMARTS) is 1. The first kappa shape index (κ1) is 22.8. The molecule has 33 heavy (non-hydrogen) atoms. The number of hydrogen-bond donors (Lipinski definition) is 4. The number of aliphatic carboxylic acids is 1. The Morgan fingerprint density at radius 3 is 2.15 bits per heavy atom. The second-order valence-electron chi connectivity index (χ2n) is 8.77. The summed E-state index contributed by atoms with van der Waals surface area (Å²) >= 11 is 0. The molecule has 0 aromatic heterocycles. The van der Waals surface area contributed by atoms with E-state index in [-0.39, 0.29) is 31.5 Å². The van der Waals surface area contributed by atoms with Crippen LogP contribution >= 0.6 is 0 Å². The van der Waals surface area contributed by atoms with Gasteiger partial charge in [0, 0.05) is 19.0 Å². The SMILES string of the molecule is O=C(O)CC(O)CNC(=O)C1(CNC(=O)OCC2c3ccccc3-c3ccccc32)CCC1.